The molecule has 1 aromatic heterocycles. The van der Waals surface area contributed by atoms with Crippen molar-refractivity contribution < 1.29 is 9.84 Å². The van der Waals surface area contributed by atoms with E-state index < -0.39 is 0 Å². The molecule has 0 unspecified atom stereocenters. The van der Waals surface area contributed by atoms with Gasteiger partial charge in [-0.2, -0.15) is 5.10 Å². The van der Waals surface area contributed by atoms with Crippen molar-refractivity contribution >= 4 is 0 Å². The molecule has 1 fully saturated rings. The molecule has 1 aromatic rings. The zero-order valence-electron chi connectivity index (χ0n) is 7.52. The molecular formula is C9H14N2O2. The molecule has 1 saturated heterocycles. The van der Waals surface area contributed by atoms with Gasteiger partial charge in [0.15, 0.2) is 5.75 Å². The Morgan fingerprint density at radius 1 is 1.62 bits per heavy atom. The average molecular weight is 182 g/mol. The lowest BCUT2D eigenvalue weighted by molar-refractivity contribution is 0.00397. The topological polar surface area (TPSA) is 47.3 Å². The van der Waals surface area contributed by atoms with Crippen LogP contribution in [0.4, 0.5) is 0 Å². The van der Waals surface area contributed by atoms with E-state index in [4.69, 9.17) is 9.84 Å². The fraction of sp³-hybridized carbons (Fsp3) is 0.667. The zero-order valence-corrected chi connectivity index (χ0v) is 7.52. The van der Waals surface area contributed by atoms with E-state index in [1.807, 2.05) is 0 Å². The van der Waals surface area contributed by atoms with E-state index in [-0.39, 0.29) is 11.9 Å². The van der Waals surface area contributed by atoms with Crippen molar-refractivity contribution in [1.29, 1.82) is 0 Å². The summed E-state index contributed by atoms with van der Waals surface area (Å²) < 4.78 is 7.28. The molecule has 1 aliphatic rings. The van der Waals surface area contributed by atoms with E-state index in [9.17, 15) is 0 Å². The number of hydrogen-bond acceptors (Lipinski definition) is 3. The van der Waals surface area contributed by atoms with Crippen LogP contribution in [-0.2, 0) is 11.3 Å². The largest absolute Gasteiger partial charge is 0.505 e. The Morgan fingerprint density at radius 3 is 3.15 bits per heavy atom. The summed E-state index contributed by atoms with van der Waals surface area (Å²) in [5.74, 6) is 0.218. The second-order valence-electron chi connectivity index (χ2n) is 3.41. The van der Waals surface area contributed by atoms with Crippen LogP contribution < -0.4 is 0 Å². The van der Waals surface area contributed by atoms with Crippen LogP contribution in [0.15, 0.2) is 12.4 Å². The molecule has 1 N–H and O–H groups in total. The minimum absolute atomic E-state index is 0.218. The summed E-state index contributed by atoms with van der Waals surface area (Å²) in [6.45, 7) is 1.61. The lowest BCUT2D eigenvalue weighted by atomic mass is 10.1. The van der Waals surface area contributed by atoms with Crippen molar-refractivity contribution in [3.63, 3.8) is 0 Å². The van der Waals surface area contributed by atoms with Gasteiger partial charge in [-0.15, -0.1) is 0 Å². The second-order valence-corrected chi connectivity index (χ2v) is 3.41. The van der Waals surface area contributed by atoms with Gasteiger partial charge < -0.3 is 9.84 Å². The van der Waals surface area contributed by atoms with Crippen LogP contribution >= 0.6 is 0 Å². The smallest absolute Gasteiger partial charge is 0.153 e. The van der Waals surface area contributed by atoms with Crippen molar-refractivity contribution in [2.45, 2.75) is 31.9 Å². The molecule has 13 heavy (non-hydrogen) atoms. The molecule has 0 spiro atoms. The molecular weight excluding hydrogens is 168 g/mol. The molecule has 0 aliphatic carbocycles. The summed E-state index contributed by atoms with van der Waals surface area (Å²) in [6.07, 6.45) is 6.84. The third-order valence-electron chi connectivity index (χ3n) is 2.28. The van der Waals surface area contributed by atoms with Gasteiger partial charge in [-0.3, -0.25) is 4.68 Å². The quantitative estimate of drug-likeness (QED) is 0.746. The van der Waals surface area contributed by atoms with Crippen molar-refractivity contribution in [2.75, 3.05) is 6.61 Å². The Labute approximate surface area is 77.1 Å². The van der Waals surface area contributed by atoms with E-state index in [1.165, 1.54) is 19.0 Å². The van der Waals surface area contributed by atoms with E-state index in [0.717, 1.165) is 19.6 Å². The molecule has 4 nitrogen and oxygen atoms in total. The maximum atomic E-state index is 9.06. The summed E-state index contributed by atoms with van der Waals surface area (Å²) >= 11 is 0. The van der Waals surface area contributed by atoms with Gasteiger partial charge in [-0.1, -0.05) is 0 Å². The first-order valence-electron chi connectivity index (χ1n) is 4.67. The highest BCUT2D eigenvalue weighted by molar-refractivity contribution is 5.08. The van der Waals surface area contributed by atoms with E-state index in [2.05, 4.69) is 5.10 Å². The highest BCUT2D eigenvalue weighted by Gasteiger charge is 2.14. The monoisotopic (exact) mass is 182 g/mol. The Kier molecular flexibility index (Phi) is 2.49. The van der Waals surface area contributed by atoms with Gasteiger partial charge in [-0.05, 0) is 19.3 Å². The molecule has 0 radical (unpaired) electrons. The first-order chi connectivity index (χ1) is 6.34. The molecule has 4 heteroatoms. The molecule has 1 atom stereocenters. The van der Waals surface area contributed by atoms with Crippen LogP contribution in [0, 0.1) is 0 Å². The fourth-order valence-corrected chi connectivity index (χ4v) is 1.61. The maximum Gasteiger partial charge on any atom is 0.153 e. The van der Waals surface area contributed by atoms with Crippen molar-refractivity contribution in [3.05, 3.63) is 12.4 Å². The van der Waals surface area contributed by atoms with Gasteiger partial charge in [0.05, 0.1) is 25.0 Å². The average Bonchev–Trinajstić information content (AvgIpc) is 2.53. The summed E-state index contributed by atoms with van der Waals surface area (Å²) in [6, 6.07) is 0. The van der Waals surface area contributed by atoms with Gasteiger partial charge in [0.25, 0.3) is 0 Å². The Bertz CT molecular complexity index is 266. The van der Waals surface area contributed by atoms with E-state index in [0.29, 0.717) is 0 Å². The SMILES string of the molecule is Oc1cnn(C[C@H]2CCCCO2)c1. The Balaban J connectivity index is 1.89. The lowest BCUT2D eigenvalue weighted by Crippen LogP contribution is -2.24. The highest BCUT2D eigenvalue weighted by atomic mass is 16.5. The number of hydrogen-bond donors (Lipinski definition) is 1. The lowest BCUT2D eigenvalue weighted by Gasteiger charge is -2.22. The predicted octanol–water partition coefficient (Wildman–Crippen LogP) is 1.16. The number of aromatic nitrogens is 2. The Hall–Kier alpha value is -1.03. The summed E-state index contributed by atoms with van der Waals surface area (Å²) in [7, 11) is 0. The molecule has 0 saturated carbocycles. The van der Waals surface area contributed by atoms with Crippen LogP contribution in [0.1, 0.15) is 19.3 Å². The number of rotatable bonds is 2. The minimum Gasteiger partial charge on any atom is -0.505 e. The van der Waals surface area contributed by atoms with Crippen LogP contribution in [0.3, 0.4) is 0 Å². The molecule has 0 amide bonds. The number of aromatic hydroxyl groups is 1. The van der Waals surface area contributed by atoms with Gasteiger partial charge >= 0.3 is 0 Å². The molecule has 2 rings (SSSR count). The van der Waals surface area contributed by atoms with Gasteiger partial charge in [-0.25, -0.2) is 0 Å². The third-order valence-corrected chi connectivity index (χ3v) is 2.28. The zero-order chi connectivity index (χ0) is 9.10. The van der Waals surface area contributed by atoms with Gasteiger partial charge in [0, 0.05) is 6.61 Å². The first kappa shape index (κ1) is 8.56. The van der Waals surface area contributed by atoms with Crippen molar-refractivity contribution in [2.24, 2.45) is 0 Å². The third kappa shape index (κ3) is 2.21. The molecule has 0 aromatic carbocycles. The van der Waals surface area contributed by atoms with E-state index in [1.54, 1.807) is 10.9 Å². The summed E-state index contributed by atoms with van der Waals surface area (Å²) in [5, 5.41) is 13.1. The molecule has 1 aliphatic heterocycles. The van der Waals surface area contributed by atoms with Crippen LogP contribution in [0.5, 0.6) is 5.75 Å². The van der Waals surface area contributed by atoms with Crippen LogP contribution in [-0.4, -0.2) is 27.6 Å². The van der Waals surface area contributed by atoms with Gasteiger partial charge in [0.1, 0.15) is 0 Å². The standard InChI is InChI=1S/C9H14N2O2/c12-8-5-10-11(6-8)7-9-3-1-2-4-13-9/h5-6,9,12H,1-4,7H2/t9-/m1/s1. The normalized spacial score (nSPS) is 23.2. The predicted molar refractivity (Wildman–Crippen MR) is 47.5 cm³/mol. The maximum absolute atomic E-state index is 9.06. The minimum atomic E-state index is 0.218. The van der Waals surface area contributed by atoms with Crippen molar-refractivity contribution in [1.82, 2.24) is 9.78 Å². The molecule has 0 bridgehead atoms. The number of ether oxygens (including phenoxy) is 1. The molecule has 72 valence electrons. The van der Waals surface area contributed by atoms with Gasteiger partial charge in [0.2, 0.25) is 0 Å². The number of nitrogens with zero attached hydrogens (tertiary/aromatic N) is 2. The van der Waals surface area contributed by atoms with Crippen molar-refractivity contribution in [3.8, 4) is 5.75 Å². The highest BCUT2D eigenvalue weighted by Crippen LogP contribution is 2.15. The summed E-state index contributed by atoms with van der Waals surface area (Å²) in [4.78, 5) is 0. The molecule has 2 heterocycles. The fourth-order valence-electron chi connectivity index (χ4n) is 1.61. The summed E-state index contributed by atoms with van der Waals surface area (Å²) in [5.41, 5.74) is 0. The van der Waals surface area contributed by atoms with E-state index >= 15 is 0 Å². The second kappa shape index (κ2) is 3.79. The first-order valence-corrected chi connectivity index (χ1v) is 4.67. The Morgan fingerprint density at radius 2 is 2.54 bits per heavy atom. The van der Waals surface area contributed by atoms with Crippen LogP contribution in [0.2, 0.25) is 0 Å². The van der Waals surface area contributed by atoms with Crippen LogP contribution in [0.25, 0.3) is 0 Å².